The number of aliphatic carboxylic acids is 1. The number of carbonyl (C=O) groups excluding carboxylic acids is 1. The largest absolute Gasteiger partial charge is 0.481 e. The maximum absolute atomic E-state index is 13.9. The van der Waals surface area contributed by atoms with Gasteiger partial charge in [0.25, 0.3) is 5.91 Å². The molecule has 0 aliphatic carbocycles. The zero-order chi connectivity index (χ0) is 28.1. The number of nitrogens with one attached hydrogen (secondary N) is 3. The van der Waals surface area contributed by atoms with E-state index in [1.165, 1.54) is 17.7 Å². The van der Waals surface area contributed by atoms with Gasteiger partial charge in [0.05, 0.1) is 17.0 Å². The predicted octanol–water partition coefficient (Wildman–Crippen LogP) is 6.63. The maximum Gasteiger partial charge on any atom is 0.303 e. The zero-order valence-electron chi connectivity index (χ0n) is 22.1. The molecule has 4 N–H and O–H groups in total. The van der Waals surface area contributed by atoms with E-state index in [-0.39, 0.29) is 18.4 Å². The summed E-state index contributed by atoms with van der Waals surface area (Å²) in [4.78, 5) is 24.1. The lowest BCUT2D eigenvalue weighted by molar-refractivity contribution is -0.137. The van der Waals surface area contributed by atoms with Crippen LogP contribution in [0, 0.1) is 5.82 Å². The number of halogens is 1. The van der Waals surface area contributed by atoms with E-state index < -0.39 is 11.8 Å². The molecule has 40 heavy (non-hydrogen) atoms. The monoisotopic (exact) mass is 535 g/mol. The van der Waals surface area contributed by atoms with E-state index in [0.717, 1.165) is 28.9 Å². The summed E-state index contributed by atoms with van der Waals surface area (Å²) in [6.07, 6.45) is 0.452. The number of amides is 1. The smallest absolute Gasteiger partial charge is 0.303 e. The quantitative estimate of drug-likeness (QED) is 0.171. The molecule has 1 unspecified atom stereocenters. The van der Waals surface area contributed by atoms with Gasteiger partial charge in [-0.2, -0.15) is 0 Å². The van der Waals surface area contributed by atoms with E-state index in [0.29, 0.717) is 28.9 Å². The van der Waals surface area contributed by atoms with Crippen molar-refractivity contribution < 1.29 is 19.1 Å². The summed E-state index contributed by atoms with van der Waals surface area (Å²) in [5.74, 6) is -1.61. The van der Waals surface area contributed by atoms with Crippen LogP contribution < -0.4 is 16.0 Å². The summed E-state index contributed by atoms with van der Waals surface area (Å²) in [5.41, 5.74) is 6.79. The molecular weight excluding hydrogens is 505 g/mol. The highest BCUT2D eigenvalue weighted by molar-refractivity contribution is 6.37. The van der Waals surface area contributed by atoms with Gasteiger partial charge in [-0.05, 0) is 65.9 Å². The van der Waals surface area contributed by atoms with Crippen LogP contribution >= 0.6 is 0 Å². The molecule has 1 amide bonds. The Hall–Kier alpha value is -4.75. The fourth-order valence-electron chi connectivity index (χ4n) is 4.75. The van der Waals surface area contributed by atoms with E-state index in [1.807, 2.05) is 66.7 Å². The van der Waals surface area contributed by atoms with Crippen LogP contribution in [-0.2, 0) is 22.6 Å². The first-order valence-corrected chi connectivity index (χ1v) is 13.2. The summed E-state index contributed by atoms with van der Waals surface area (Å²) >= 11 is 0. The molecule has 6 nitrogen and oxygen atoms in total. The number of benzene rings is 4. The van der Waals surface area contributed by atoms with Crippen molar-refractivity contribution in [2.24, 2.45) is 0 Å². The van der Waals surface area contributed by atoms with Crippen LogP contribution in [-0.4, -0.2) is 17.0 Å². The maximum atomic E-state index is 13.9. The number of carbonyl (C=O) groups is 2. The first kappa shape index (κ1) is 26.8. The molecule has 5 rings (SSSR count). The van der Waals surface area contributed by atoms with Gasteiger partial charge in [0.1, 0.15) is 5.82 Å². The second kappa shape index (κ2) is 12.0. The molecule has 0 aromatic heterocycles. The molecule has 202 valence electrons. The second-order valence-corrected chi connectivity index (χ2v) is 9.82. The molecule has 0 spiro atoms. The molecular formula is C33H30FN3O3. The summed E-state index contributed by atoms with van der Waals surface area (Å²) in [7, 11) is 0. The Labute approximate surface area is 232 Å². The molecule has 7 heteroatoms. The molecule has 0 fully saturated rings. The van der Waals surface area contributed by atoms with Crippen molar-refractivity contribution >= 4 is 34.5 Å². The number of rotatable bonds is 10. The van der Waals surface area contributed by atoms with Crippen LogP contribution in [0.15, 0.2) is 97.1 Å². The zero-order valence-corrected chi connectivity index (χ0v) is 22.1. The third kappa shape index (κ3) is 6.27. The van der Waals surface area contributed by atoms with Gasteiger partial charge in [-0.25, -0.2) is 4.39 Å². The number of carboxylic acids is 1. The molecule has 1 aliphatic heterocycles. The van der Waals surface area contributed by atoms with Gasteiger partial charge in [0, 0.05) is 30.3 Å². The van der Waals surface area contributed by atoms with Crippen LogP contribution in [0.5, 0.6) is 0 Å². The Balaban J connectivity index is 1.42. The van der Waals surface area contributed by atoms with Crippen LogP contribution in [0.3, 0.4) is 0 Å². The van der Waals surface area contributed by atoms with E-state index in [1.54, 1.807) is 6.07 Å². The predicted molar refractivity (Wildman–Crippen MR) is 156 cm³/mol. The van der Waals surface area contributed by atoms with Gasteiger partial charge >= 0.3 is 5.97 Å². The summed E-state index contributed by atoms with van der Waals surface area (Å²) in [6, 6.07) is 30.1. The van der Waals surface area contributed by atoms with Crippen LogP contribution in [0.2, 0.25) is 0 Å². The molecule has 4 aromatic rings. The van der Waals surface area contributed by atoms with Crippen LogP contribution in [0.1, 0.15) is 47.2 Å². The Kier molecular flexibility index (Phi) is 8.03. The highest BCUT2D eigenvalue weighted by Gasteiger charge is 2.29. The Bertz CT molecular complexity index is 1550. The number of aryl methyl sites for hydroxylation is 1. The van der Waals surface area contributed by atoms with Gasteiger partial charge in [0.2, 0.25) is 0 Å². The first-order chi connectivity index (χ1) is 19.4. The van der Waals surface area contributed by atoms with Gasteiger partial charge in [-0.1, -0.05) is 66.7 Å². The van der Waals surface area contributed by atoms with E-state index in [4.69, 9.17) is 5.11 Å². The molecule has 0 radical (unpaired) electrons. The highest BCUT2D eigenvalue weighted by atomic mass is 19.1. The van der Waals surface area contributed by atoms with Gasteiger partial charge in [-0.15, -0.1) is 0 Å². The van der Waals surface area contributed by atoms with Gasteiger partial charge in [-0.3, -0.25) is 9.59 Å². The van der Waals surface area contributed by atoms with Crippen molar-refractivity contribution in [3.05, 3.63) is 131 Å². The summed E-state index contributed by atoms with van der Waals surface area (Å²) in [5, 5.41) is 18.7. The molecule has 4 aromatic carbocycles. The molecule has 0 saturated heterocycles. The topological polar surface area (TPSA) is 90.5 Å². The van der Waals surface area contributed by atoms with E-state index in [2.05, 4.69) is 35.0 Å². The third-order valence-corrected chi connectivity index (χ3v) is 6.98. The minimum absolute atomic E-state index is 0.0395. The van der Waals surface area contributed by atoms with E-state index >= 15 is 0 Å². The first-order valence-electron chi connectivity index (χ1n) is 13.2. The minimum atomic E-state index is -0.854. The molecule has 1 aliphatic rings. The lowest BCUT2D eigenvalue weighted by Crippen LogP contribution is -2.18. The Morgan fingerprint density at radius 2 is 1.65 bits per heavy atom. The number of hydrogen-bond donors (Lipinski definition) is 4. The number of fused-ring (bicyclic) bond motifs is 1. The number of anilines is 2. The Morgan fingerprint density at radius 3 is 2.35 bits per heavy atom. The van der Waals surface area contributed by atoms with Crippen molar-refractivity contribution in [3.8, 4) is 0 Å². The van der Waals surface area contributed by atoms with Gasteiger partial charge < -0.3 is 21.1 Å². The van der Waals surface area contributed by atoms with Crippen molar-refractivity contribution in [2.45, 2.75) is 32.4 Å². The highest BCUT2D eigenvalue weighted by Crippen LogP contribution is 2.38. The molecule has 0 bridgehead atoms. The fourth-order valence-corrected chi connectivity index (χ4v) is 4.75. The average molecular weight is 536 g/mol. The third-order valence-electron chi connectivity index (χ3n) is 6.98. The average Bonchev–Trinajstić information content (AvgIpc) is 3.29. The van der Waals surface area contributed by atoms with Crippen molar-refractivity contribution in [3.63, 3.8) is 0 Å². The van der Waals surface area contributed by atoms with Crippen molar-refractivity contribution in [1.82, 2.24) is 5.32 Å². The number of hydrogen-bond acceptors (Lipinski definition) is 4. The molecule has 1 atom stereocenters. The molecule has 1 heterocycles. The standard InChI is InChI=1S/C33H30FN3O3/c1-21(35-20-23-5-3-2-4-6-23)24-12-15-27(16-13-24)36-32(25-10-7-22(8-11-25)9-18-30(38)39)31-28-17-14-26(34)19-29(28)37-33(31)40/h2-8,10-17,19,21,35-36H,9,18,20H2,1H3,(H,37,40)(H,38,39). The molecule has 0 saturated carbocycles. The van der Waals surface area contributed by atoms with E-state index in [9.17, 15) is 14.0 Å². The Morgan fingerprint density at radius 1 is 0.925 bits per heavy atom. The minimum Gasteiger partial charge on any atom is -0.481 e. The summed E-state index contributed by atoms with van der Waals surface area (Å²) < 4.78 is 13.9. The van der Waals surface area contributed by atoms with Gasteiger partial charge in [0.15, 0.2) is 0 Å². The summed E-state index contributed by atoms with van der Waals surface area (Å²) in [6.45, 7) is 2.87. The second-order valence-electron chi connectivity index (χ2n) is 9.82. The van der Waals surface area contributed by atoms with Crippen molar-refractivity contribution in [1.29, 1.82) is 0 Å². The fraction of sp³-hybridized carbons (Fsp3) is 0.152. The van der Waals surface area contributed by atoms with Crippen LogP contribution in [0.4, 0.5) is 15.8 Å². The SMILES string of the molecule is CC(NCc1ccccc1)c1ccc(NC(=C2C(=O)Nc3cc(F)ccc32)c2ccc(CCC(=O)O)cc2)cc1. The lowest BCUT2D eigenvalue weighted by Gasteiger charge is -2.17. The van der Waals surface area contributed by atoms with Crippen LogP contribution in [0.25, 0.3) is 11.3 Å². The normalized spacial score (nSPS) is 14.3. The number of carboxylic acid groups (broad SMARTS) is 1. The lowest BCUT2D eigenvalue weighted by atomic mass is 9.98. The van der Waals surface area contributed by atoms with Crippen molar-refractivity contribution in [2.75, 3.05) is 10.6 Å².